The second kappa shape index (κ2) is 6.06. The van der Waals surface area contributed by atoms with Crippen molar-refractivity contribution >= 4 is 17.3 Å². The molecule has 0 bridgehead atoms. The monoisotopic (exact) mass is 278 g/mol. The molecule has 1 aromatic carbocycles. The highest BCUT2D eigenvalue weighted by atomic mass is 35.5. The quantitative estimate of drug-likeness (QED) is 0.910. The summed E-state index contributed by atoms with van der Waals surface area (Å²) in [4.78, 5) is 4.29. The van der Waals surface area contributed by atoms with Gasteiger partial charge in [0.15, 0.2) is 0 Å². The van der Waals surface area contributed by atoms with Gasteiger partial charge in [-0.25, -0.2) is 9.67 Å². The minimum atomic E-state index is 0.544. The molecule has 0 radical (unpaired) electrons. The van der Waals surface area contributed by atoms with E-state index in [2.05, 4.69) is 29.2 Å². The first-order valence-corrected chi connectivity index (χ1v) is 6.81. The van der Waals surface area contributed by atoms with Gasteiger partial charge in [-0.2, -0.15) is 5.10 Å². The van der Waals surface area contributed by atoms with Crippen LogP contribution in [0, 0.1) is 12.8 Å². The summed E-state index contributed by atoms with van der Waals surface area (Å²) in [6, 6.07) is 5.87. The van der Waals surface area contributed by atoms with Crippen LogP contribution in [0.25, 0.3) is 0 Å². The summed E-state index contributed by atoms with van der Waals surface area (Å²) >= 11 is 6.19. The van der Waals surface area contributed by atoms with Gasteiger partial charge in [-0.3, -0.25) is 0 Å². The third kappa shape index (κ3) is 3.47. The third-order valence-corrected chi connectivity index (χ3v) is 3.19. The molecule has 19 heavy (non-hydrogen) atoms. The molecular weight excluding hydrogens is 260 g/mol. The number of nitrogens with one attached hydrogen (secondary N) is 1. The van der Waals surface area contributed by atoms with Crippen molar-refractivity contribution in [1.29, 1.82) is 0 Å². The average molecular weight is 279 g/mol. The number of para-hydroxylation sites is 1. The van der Waals surface area contributed by atoms with Gasteiger partial charge >= 0.3 is 0 Å². The van der Waals surface area contributed by atoms with Crippen LogP contribution in [0.3, 0.4) is 0 Å². The summed E-state index contributed by atoms with van der Waals surface area (Å²) in [5.74, 6) is 1.47. The van der Waals surface area contributed by atoms with Crippen LogP contribution in [-0.2, 0) is 13.1 Å². The maximum Gasteiger partial charge on any atom is 0.146 e. The first-order chi connectivity index (χ1) is 9.08. The van der Waals surface area contributed by atoms with Crippen LogP contribution < -0.4 is 5.32 Å². The van der Waals surface area contributed by atoms with Crippen LogP contribution in [0.5, 0.6) is 0 Å². The number of rotatable bonds is 5. The Morgan fingerprint density at radius 2 is 2.16 bits per heavy atom. The van der Waals surface area contributed by atoms with Crippen LogP contribution in [0.1, 0.15) is 25.2 Å². The molecule has 0 atom stereocenters. The van der Waals surface area contributed by atoms with E-state index in [-0.39, 0.29) is 0 Å². The van der Waals surface area contributed by atoms with Crippen molar-refractivity contribution in [2.45, 2.75) is 33.9 Å². The predicted molar refractivity (Wildman–Crippen MR) is 78.4 cm³/mol. The number of halogens is 1. The Hall–Kier alpha value is -1.55. The minimum Gasteiger partial charge on any atom is -0.376 e. The number of benzene rings is 1. The first kappa shape index (κ1) is 13.9. The Labute approximate surface area is 118 Å². The lowest BCUT2D eigenvalue weighted by Gasteiger charge is -2.12. The van der Waals surface area contributed by atoms with E-state index in [1.54, 1.807) is 6.33 Å². The molecule has 0 spiro atoms. The van der Waals surface area contributed by atoms with Gasteiger partial charge in [-0.05, 0) is 24.5 Å². The lowest BCUT2D eigenvalue weighted by Crippen LogP contribution is -2.13. The molecule has 0 saturated carbocycles. The fourth-order valence-electron chi connectivity index (χ4n) is 1.95. The first-order valence-electron chi connectivity index (χ1n) is 6.43. The largest absolute Gasteiger partial charge is 0.376 e. The number of aryl methyl sites for hydroxylation is 1. The number of hydrogen-bond acceptors (Lipinski definition) is 3. The fraction of sp³-hybridized carbons (Fsp3) is 0.429. The minimum absolute atomic E-state index is 0.544. The Bertz CT molecular complexity index is 528. The van der Waals surface area contributed by atoms with Crippen molar-refractivity contribution in [2.75, 3.05) is 5.32 Å². The summed E-state index contributed by atoms with van der Waals surface area (Å²) in [5.41, 5.74) is 2.09. The van der Waals surface area contributed by atoms with Crippen LogP contribution in [0.15, 0.2) is 24.5 Å². The van der Waals surface area contributed by atoms with Gasteiger partial charge in [0.2, 0.25) is 0 Å². The molecule has 0 saturated heterocycles. The highest BCUT2D eigenvalue weighted by molar-refractivity contribution is 6.33. The Morgan fingerprint density at radius 3 is 2.84 bits per heavy atom. The second-order valence-corrected chi connectivity index (χ2v) is 5.44. The van der Waals surface area contributed by atoms with Crippen molar-refractivity contribution in [3.05, 3.63) is 40.9 Å². The molecule has 4 nitrogen and oxygen atoms in total. The van der Waals surface area contributed by atoms with Crippen molar-refractivity contribution in [2.24, 2.45) is 5.92 Å². The van der Waals surface area contributed by atoms with E-state index >= 15 is 0 Å². The number of hydrogen-bond donors (Lipinski definition) is 1. The van der Waals surface area contributed by atoms with E-state index < -0.39 is 0 Å². The molecule has 2 rings (SSSR count). The highest BCUT2D eigenvalue weighted by Crippen LogP contribution is 2.25. The van der Waals surface area contributed by atoms with E-state index in [1.807, 2.05) is 29.8 Å². The summed E-state index contributed by atoms with van der Waals surface area (Å²) in [7, 11) is 0. The van der Waals surface area contributed by atoms with Crippen molar-refractivity contribution in [1.82, 2.24) is 14.8 Å². The second-order valence-electron chi connectivity index (χ2n) is 5.04. The summed E-state index contributed by atoms with van der Waals surface area (Å²) in [6.45, 7) is 7.86. The van der Waals surface area contributed by atoms with Crippen LogP contribution in [0.4, 0.5) is 5.69 Å². The lowest BCUT2D eigenvalue weighted by molar-refractivity contribution is 0.468. The molecular formula is C14H19ClN4. The molecule has 0 fully saturated rings. The predicted octanol–water partition coefficient (Wildman–Crippen LogP) is 3.51. The molecule has 1 N–H and O–H groups in total. The zero-order valence-electron chi connectivity index (χ0n) is 11.5. The number of nitrogens with zero attached hydrogens (tertiary/aromatic N) is 3. The molecule has 0 aliphatic rings. The van der Waals surface area contributed by atoms with Crippen LogP contribution in [-0.4, -0.2) is 14.8 Å². The topological polar surface area (TPSA) is 42.7 Å². The van der Waals surface area contributed by atoms with Gasteiger partial charge in [-0.15, -0.1) is 0 Å². The normalized spacial score (nSPS) is 11.0. The molecule has 0 aliphatic heterocycles. The maximum atomic E-state index is 6.19. The van der Waals surface area contributed by atoms with E-state index in [0.29, 0.717) is 12.5 Å². The van der Waals surface area contributed by atoms with Gasteiger partial charge in [-0.1, -0.05) is 37.6 Å². The molecule has 5 heteroatoms. The number of anilines is 1. The standard InChI is InChI=1S/C14H19ClN4/c1-10(2)8-19-13(17-9-18-19)7-16-14-11(3)5-4-6-12(14)15/h4-6,9-10,16H,7-8H2,1-3H3. The van der Waals surface area contributed by atoms with Crippen molar-refractivity contribution in [3.63, 3.8) is 0 Å². The summed E-state index contributed by atoms with van der Waals surface area (Å²) < 4.78 is 1.93. The zero-order chi connectivity index (χ0) is 13.8. The summed E-state index contributed by atoms with van der Waals surface area (Å²) in [6.07, 6.45) is 1.60. The molecule has 102 valence electrons. The van der Waals surface area contributed by atoms with Gasteiger partial charge in [0.05, 0.1) is 17.3 Å². The molecule has 0 aliphatic carbocycles. The molecule has 2 aromatic rings. The molecule has 1 aromatic heterocycles. The number of aromatic nitrogens is 3. The van der Waals surface area contributed by atoms with Gasteiger partial charge in [0.25, 0.3) is 0 Å². The van der Waals surface area contributed by atoms with Crippen LogP contribution >= 0.6 is 11.6 Å². The SMILES string of the molecule is Cc1cccc(Cl)c1NCc1ncnn1CC(C)C. The van der Waals surface area contributed by atoms with E-state index in [9.17, 15) is 0 Å². The smallest absolute Gasteiger partial charge is 0.146 e. The van der Waals surface area contributed by atoms with Crippen molar-refractivity contribution in [3.8, 4) is 0 Å². The van der Waals surface area contributed by atoms with E-state index in [4.69, 9.17) is 11.6 Å². The average Bonchev–Trinajstić information content (AvgIpc) is 2.75. The Morgan fingerprint density at radius 1 is 1.37 bits per heavy atom. The summed E-state index contributed by atoms with van der Waals surface area (Å²) in [5, 5.41) is 8.32. The third-order valence-electron chi connectivity index (χ3n) is 2.88. The van der Waals surface area contributed by atoms with Gasteiger partial charge in [0.1, 0.15) is 12.2 Å². The fourth-order valence-corrected chi connectivity index (χ4v) is 2.24. The Balaban J connectivity index is 2.09. The van der Waals surface area contributed by atoms with Crippen molar-refractivity contribution < 1.29 is 0 Å². The maximum absolute atomic E-state index is 6.19. The van der Waals surface area contributed by atoms with Gasteiger partial charge < -0.3 is 5.32 Å². The van der Waals surface area contributed by atoms with Crippen LogP contribution in [0.2, 0.25) is 5.02 Å². The van der Waals surface area contributed by atoms with Gasteiger partial charge in [0, 0.05) is 6.54 Å². The molecule has 0 unspecified atom stereocenters. The Kier molecular flexibility index (Phi) is 4.43. The zero-order valence-corrected chi connectivity index (χ0v) is 12.3. The molecule has 0 amide bonds. The van der Waals surface area contributed by atoms with E-state index in [0.717, 1.165) is 28.6 Å². The lowest BCUT2D eigenvalue weighted by atomic mass is 10.2. The van der Waals surface area contributed by atoms with E-state index in [1.165, 1.54) is 0 Å². The highest BCUT2D eigenvalue weighted by Gasteiger charge is 2.08. The molecule has 1 heterocycles.